The first-order valence-corrected chi connectivity index (χ1v) is 13.3. The maximum atomic E-state index is 5.75. The summed E-state index contributed by atoms with van der Waals surface area (Å²) in [4.78, 5) is 10.0. The molecular formula is C29H41N4O+. The van der Waals surface area contributed by atoms with Crippen LogP contribution in [0.2, 0.25) is 0 Å². The van der Waals surface area contributed by atoms with Gasteiger partial charge in [-0.2, -0.15) is 4.57 Å². The second kappa shape index (κ2) is 8.30. The van der Waals surface area contributed by atoms with E-state index >= 15 is 0 Å². The van der Waals surface area contributed by atoms with Gasteiger partial charge in [-0.25, -0.2) is 0 Å². The minimum atomic E-state index is -0.00158. The molecule has 0 amide bonds. The van der Waals surface area contributed by atoms with Crippen LogP contribution >= 0.6 is 0 Å². The molecule has 3 heterocycles. The van der Waals surface area contributed by atoms with Gasteiger partial charge in [-0.05, 0) is 59.9 Å². The number of aromatic nitrogens is 2. The molecule has 0 spiro atoms. The molecule has 5 heteroatoms. The van der Waals surface area contributed by atoms with Crippen LogP contribution < -0.4 is 9.30 Å². The normalized spacial score (nSPS) is 32.6. The van der Waals surface area contributed by atoms with E-state index in [9.17, 15) is 0 Å². The molecular weight excluding hydrogens is 420 g/mol. The van der Waals surface area contributed by atoms with Gasteiger partial charge in [-0.1, -0.05) is 44.2 Å². The minimum absolute atomic E-state index is 0.00158. The summed E-state index contributed by atoms with van der Waals surface area (Å²) in [5.41, 5.74) is 2.73. The fourth-order valence-electron chi connectivity index (χ4n) is 7.93. The molecule has 4 unspecified atom stereocenters. The Balaban J connectivity index is 1.12. The van der Waals surface area contributed by atoms with Crippen molar-refractivity contribution in [1.82, 2.24) is 14.8 Å². The van der Waals surface area contributed by atoms with Crippen LogP contribution in [0.1, 0.15) is 38.8 Å². The Morgan fingerprint density at radius 3 is 2.12 bits per heavy atom. The molecule has 4 fully saturated rings. The Bertz CT molecular complexity index is 1010. The van der Waals surface area contributed by atoms with Crippen LogP contribution in [0, 0.1) is 41.4 Å². The lowest BCUT2D eigenvalue weighted by Crippen LogP contribution is -2.56. The van der Waals surface area contributed by atoms with E-state index in [1.165, 1.54) is 37.3 Å². The van der Waals surface area contributed by atoms with E-state index in [1.54, 1.807) is 7.11 Å². The molecule has 34 heavy (non-hydrogen) atoms. The van der Waals surface area contributed by atoms with Crippen LogP contribution in [0.15, 0.2) is 42.7 Å². The van der Waals surface area contributed by atoms with Crippen LogP contribution in [0.25, 0.3) is 0 Å². The number of ether oxygens (including phenoxy) is 1. The van der Waals surface area contributed by atoms with Crippen molar-refractivity contribution in [2.45, 2.75) is 46.3 Å². The lowest BCUT2D eigenvalue weighted by Gasteiger charge is -2.28. The quantitative estimate of drug-likeness (QED) is 0.560. The molecule has 2 saturated carbocycles. The van der Waals surface area contributed by atoms with Crippen LogP contribution in [0.3, 0.4) is 0 Å². The SMILES string of the molecule is COc1ncc(CN2CC3C(C2)C3C(C)C)c[n+]1C(C)(C)C1C2CN(Cc3ccccc3)CC21. The molecule has 1 aromatic heterocycles. The maximum Gasteiger partial charge on any atom is 0.498 e. The second-order valence-electron chi connectivity index (χ2n) is 12.3. The van der Waals surface area contributed by atoms with Gasteiger partial charge in [0.15, 0.2) is 6.20 Å². The molecule has 0 bridgehead atoms. The Kier molecular flexibility index (Phi) is 5.49. The van der Waals surface area contributed by atoms with Crippen molar-refractivity contribution in [2.24, 2.45) is 41.4 Å². The average Bonchev–Trinajstić information content (AvgIpc) is 3.57. The highest BCUT2D eigenvalue weighted by Crippen LogP contribution is 2.58. The number of rotatable bonds is 8. The number of piperidine rings is 2. The van der Waals surface area contributed by atoms with Crippen molar-refractivity contribution in [3.8, 4) is 6.01 Å². The Hall–Kier alpha value is -1.98. The first-order chi connectivity index (χ1) is 16.4. The van der Waals surface area contributed by atoms with Gasteiger partial charge < -0.3 is 4.74 Å². The van der Waals surface area contributed by atoms with Gasteiger partial charge in [-0.15, -0.1) is 0 Å². The minimum Gasteiger partial charge on any atom is -0.431 e. The molecule has 6 rings (SSSR count). The van der Waals surface area contributed by atoms with Gasteiger partial charge in [0.25, 0.3) is 0 Å². The summed E-state index contributed by atoms with van der Waals surface area (Å²) in [6, 6.07) is 11.6. The maximum absolute atomic E-state index is 5.75. The van der Waals surface area contributed by atoms with E-state index in [4.69, 9.17) is 9.72 Å². The van der Waals surface area contributed by atoms with Crippen molar-refractivity contribution < 1.29 is 9.30 Å². The molecule has 2 saturated heterocycles. The lowest BCUT2D eigenvalue weighted by molar-refractivity contribution is -0.769. The summed E-state index contributed by atoms with van der Waals surface area (Å²) >= 11 is 0. The van der Waals surface area contributed by atoms with Crippen molar-refractivity contribution in [1.29, 1.82) is 0 Å². The van der Waals surface area contributed by atoms with Gasteiger partial charge in [0.05, 0.1) is 7.11 Å². The monoisotopic (exact) mass is 461 g/mol. The predicted octanol–water partition coefficient (Wildman–Crippen LogP) is 3.82. The van der Waals surface area contributed by atoms with Gasteiger partial charge in [0, 0.05) is 50.7 Å². The van der Waals surface area contributed by atoms with Crippen molar-refractivity contribution in [3.63, 3.8) is 0 Å². The van der Waals surface area contributed by atoms with Gasteiger partial charge in [0.1, 0.15) is 11.7 Å². The zero-order chi connectivity index (χ0) is 23.6. The van der Waals surface area contributed by atoms with Crippen LogP contribution in [-0.2, 0) is 18.6 Å². The Labute approximate surface area is 205 Å². The third-order valence-electron chi connectivity index (χ3n) is 9.49. The molecule has 5 nitrogen and oxygen atoms in total. The molecule has 0 N–H and O–H groups in total. The van der Waals surface area contributed by atoms with E-state index in [0.29, 0.717) is 5.92 Å². The molecule has 2 aliphatic heterocycles. The number of hydrogen-bond acceptors (Lipinski definition) is 4. The molecule has 2 aromatic rings. The summed E-state index contributed by atoms with van der Waals surface area (Å²) in [5.74, 6) is 5.89. The highest BCUT2D eigenvalue weighted by Gasteiger charge is 2.64. The average molecular weight is 462 g/mol. The molecule has 0 radical (unpaired) electrons. The number of nitrogens with zero attached hydrogens (tertiary/aromatic N) is 4. The van der Waals surface area contributed by atoms with Gasteiger partial charge in [-0.3, -0.25) is 9.80 Å². The third kappa shape index (κ3) is 3.85. The number of hydrogen-bond donors (Lipinski definition) is 0. The number of likely N-dealkylation sites (tertiary alicyclic amines) is 2. The van der Waals surface area contributed by atoms with Crippen LogP contribution in [0.5, 0.6) is 6.01 Å². The third-order valence-corrected chi connectivity index (χ3v) is 9.49. The van der Waals surface area contributed by atoms with E-state index in [0.717, 1.165) is 54.6 Å². The lowest BCUT2D eigenvalue weighted by atomic mass is 9.93. The van der Waals surface area contributed by atoms with E-state index in [2.05, 4.69) is 78.6 Å². The van der Waals surface area contributed by atoms with Crippen LogP contribution in [-0.4, -0.2) is 48.1 Å². The molecule has 182 valence electrons. The summed E-state index contributed by atoms with van der Waals surface area (Å²) in [6.07, 6.45) is 4.37. The summed E-state index contributed by atoms with van der Waals surface area (Å²) in [6.45, 7) is 16.6. The van der Waals surface area contributed by atoms with Gasteiger partial charge in [0.2, 0.25) is 0 Å². The van der Waals surface area contributed by atoms with E-state index in [1.807, 2.05) is 6.20 Å². The van der Waals surface area contributed by atoms with E-state index in [-0.39, 0.29) is 5.54 Å². The Morgan fingerprint density at radius 1 is 0.941 bits per heavy atom. The second-order valence-corrected chi connectivity index (χ2v) is 12.3. The summed E-state index contributed by atoms with van der Waals surface area (Å²) in [7, 11) is 1.75. The van der Waals surface area contributed by atoms with Crippen molar-refractivity contribution >= 4 is 0 Å². The highest BCUT2D eigenvalue weighted by molar-refractivity contribution is 5.17. The van der Waals surface area contributed by atoms with Crippen molar-refractivity contribution in [3.05, 3.63) is 53.9 Å². The Morgan fingerprint density at radius 2 is 1.53 bits per heavy atom. The standard InChI is InChI=1S/C29H41N4O/c1-19(2)26-22-15-32(16-23(22)26)13-21-11-30-28(34-5)33(14-21)29(3,4)27-24-17-31(18-25(24)27)12-20-9-7-6-8-10-20/h6-11,14,19,22-27H,12-13,15-18H2,1-5H3/q+1. The molecule has 1 aromatic carbocycles. The largest absolute Gasteiger partial charge is 0.498 e. The topological polar surface area (TPSA) is 32.5 Å². The number of fused-ring (bicyclic) bond motifs is 2. The number of methoxy groups -OCH3 is 1. The van der Waals surface area contributed by atoms with E-state index < -0.39 is 0 Å². The fraction of sp³-hybridized carbons (Fsp3) is 0.655. The van der Waals surface area contributed by atoms with Crippen LogP contribution in [0.4, 0.5) is 0 Å². The fourth-order valence-corrected chi connectivity index (χ4v) is 7.93. The molecule has 4 aliphatic rings. The molecule has 4 atom stereocenters. The predicted molar refractivity (Wildman–Crippen MR) is 133 cm³/mol. The highest BCUT2D eigenvalue weighted by atomic mass is 16.5. The zero-order valence-electron chi connectivity index (χ0n) is 21.5. The summed E-state index contributed by atoms with van der Waals surface area (Å²) < 4.78 is 8.10. The van der Waals surface area contributed by atoms with Crippen molar-refractivity contribution in [2.75, 3.05) is 33.3 Å². The van der Waals surface area contributed by atoms with Gasteiger partial charge >= 0.3 is 6.01 Å². The first-order valence-electron chi connectivity index (χ1n) is 13.3. The smallest absolute Gasteiger partial charge is 0.431 e. The first kappa shape index (κ1) is 22.5. The molecule has 2 aliphatic carbocycles. The number of benzene rings is 1. The summed E-state index contributed by atoms with van der Waals surface area (Å²) in [5, 5.41) is 0. The zero-order valence-corrected chi connectivity index (χ0v) is 21.5.